The lowest BCUT2D eigenvalue weighted by Crippen LogP contribution is -2.46. The van der Waals surface area contributed by atoms with E-state index >= 15 is 4.39 Å². The summed E-state index contributed by atoms with van der Waals surface area (Å²) in [5.74, 6) is -0.819. The number of amides is 2. The normalized spacial score (nSPS) is 14.2. The molecule has 3 aromatic carbocycles. The summed E-state index contributed by atoms with van der Waals surface area (Å²) in [7, 11) is 1.55. The largest absolute Gasteiger partial charge is 0.497 e. The van der Waals surface area contributed by atoms with Gasteiger partial charge in [-0.05, 0) is 60.9 Å². The lowest BCUT2D eigenvalue weighted by Gasteiger charge is -2.32. The number of methoxy groups -OCH3 is 1. The second-order valence-electron chi connectivity index (χ2n) is 9.44. The summed E-state index contributed by atoms with van der Waals surface area (Å²) < 4.78 is 20.6. The third kappa shape index (κ3) is 5.32. The Labute approximate surface area is 221 Å². The van der Waals surface area contributed by atoms with E-state index < -0.39 is 23.7 Å². The van der Waals surface area contributed by atoms with E-state index in [4.69, 9.17) is 4.74 Å². The number of hydrogen-bond donors (Lipinski definition) is 2. The molecular formula is C31H30FN3O3. The summed E-state index contributed by atoms with van der Waals surface area (Å²) in [4.78, 5) is 32.6. The van der Waals surface area contributed by atoms with E-state index in [1.165, 1.54) is 11.0 Å². The van der Waals surface area contributed by atoms with Crippen LogP contribution in [0.5, 0.6) is 5.75 Å². The van der Waals surface area contributed by atoms with Crippen molar-refractivity contribution in [3.63, 3.8) is 0 Å². The van der Waals surface area contributed by atoms with Gasteiger partial charge in [0.2, 0.25) is 5.91 Å². The standard InChI is InChI=1S/C31H30FN3O3/c1-38-24-17-15-23(16-18-24)35(31(37)28-20-19-27(34-28)21-9-3-2-4-10-21)29(25-13-7-8-14-26(25)32)30(36)33-22-11-5-6-12-22/h2-4,7-10,13-20,22,29,34H,5-6,11-12H2,1H3,(H,33,36). The summed E-state index contributed by atoms with van der Waals surface area (Å²) in [6, 6.07) is 24.9. The van der Waals surface area contributed by atoms with Crippen LogP contribution in [-0.4, -0.2) is 29.9 Å². The number of benzene rings is 3. The van der Waals surface area contributed by atoms with Crippen molar-refractivity contribution in [2.75, 3.05) is 12.0 Å². The van der Waals surface area contributed by atoms with Crippen LogP contribution in [0.2, 0.25) is 0 Å². The first-order valence-corrected chi connectivity index (χ1v) is 12.8. The van der Waals surface area contributed by atoms with Crippen molar-refractivity contribution in [2.24, 2.45) is 0 Å². The summed E-state index contributed by atoms with van der Waals surface area (Å²) in [5, 5.41) is 3.08. The minimum absolute atomic E-state index is 0.000219. The molecule has 7 heteroatoms. The van der Waals surface area contributed by atoms with E-state index in [1.807, 2.05) is 36.4 Å². The Morgan fingerprint density at radius 1 is 0.921 bits per heavy atom. The maximum atomic E-state index is 15.3. The Morgan fingerprint density at radius 2 is 1.61 bits per heavy atom. The number of H-pyrrole nitrogens is 1. The van der Waals surface area contributed by atoms with Crippen molar-refractivity contribution in [1.82, 2.24) is 10.3 Å². The molecule has 1 aliphatic carbocycles. The van der Waals surface area contributed by atoms with Crippen LogP contribution in [-0.2, 0) is 4.79 Å². The van der Waals surface area contributed by atoms with Crippen LogP contribution in [0.15, 0.2) is 91.0 Å². The number of aromatic amines is 1. The summed E-state index contributed by atoms with van der Waals surface area (Å²) in [5.41, 5.74) is 2.55. The zero-order chi connectivity index (χ0) is 26.5. The first-order chi connectivity index (χ1) is 18.5. The number of nitrogens with zero attached hydrogens (tertiary/aromatic N) is 1. The van der Waals surface area contributed by atoms with Crippen LogP contribution >= 0.6 is 0 Å². The summed E-state index contributed by atoms with van der Waals surface area (Å²) in [6.07, 6.45) is 3.79. The summed E-state index contributed by atoms with van der Waals surface area (Å²) >= 11 is 0. The number of aromatic nitrogens is 1. The van der Waals surface area contributed by atoms with Gasteiger partial charge in [0.25, 0.3) is 5.91 Å². The first-order valence-electron chi connectivity index (χ1n) is 12.8. The third-order valence-electron chi connectivity index (χ3n) is 6.98. The lowest BCUT2D eigenvalue weighted by atomic mass is 10.0. The van der Waals surface area contributed by atoms with Crippen molar-refractivity contribution in [3.8, 4) is 17.0 Å². The van der Waals surface area contributed by atoms with E-state index in [0.29, 0.717) is 11.4 Å². The smallest absolute Gasteiger partial charge is 0.275 e. The predicted molar refractivity (Wildman–Crippen MR) is 146 cm³/mol. The quantitative estimate of drug-likeness (QED) is 0.293. The minimum atomic E-state index is -1.22. The molecule has 38 heavy (non-hydrogen) atoms. The van der Waals surface area contributed by atoms with E-state index in [9.17, 15) is 9.59 Å². The number of carbonyl (C=O) groups is 2. The molecule has 0 bridgehead atoms. The fourth-order valence-corrected chi connectivity index (χ4v) is 5.01. The van der Waals surface area contributed by atoms with Crippen LogP contribution in [0.25, 0.3) is 11.3 Å². The van der Waals surface area contributed by atoms with Crippen molar-refractivity contribution < 1.29 is 18.7 Å². The number of carbonyl (C=O) groups excluding carboxylic acids is 2. The monoisotopic (exact) mass is 511 g/mol. The highest BCUT2D eigenvalue weighted by Gasteiger charge is 2.36. The van der Waals surface area contributed by atoms with Crippen LogP contribution in [0.1, 0.15) is 47.8 Å². The van der Waals surface area contributed by atoms with Crippen molar-refractivity contribution in [1.29, 1.82) is 0 Å². The maximum absolute atomic E-state index is 15.3. The molecule has 4 aromatic rings. The molecule has 6 nitrogen and oxygen atoms in total. The fraction of sp³-hybridized carbons (Fsp3) is 0.226. The average Bonchev–Trinajstić information content (AvgIpc) is 3.65. The topological polar surface area (TPSA) is 74.4 Å². The lowest BCUT2D eigenvalue weighted by molar-refractivity contribution is -0.123. The van der Waals surface area contributed by atoms with Gasteiger partial charge in [-0.1, -0.05) is 61.4 Å². The van der Waals surface area contributed by atoms with Crippen LogP contribution in [0, 0.1) is 5.82 Å². The van der Waals surface area contributed by atoms with Gasteiger partial charge in [-0.2, -0.15) is 0 Å². The molecule has 1 heterocycles. The van der Waals surface area contributed by atoms with E-state index in [0.717, 1.165) is 36.9 Å². The molecule has 0 spiro atoms. The Balaban J connectivity index is 1.60. The van der Waals surface area contributed by atoms with Gasteiger partial charge in [0, 0.05) is 23.0 Å². The van der Waals surface area contributed by atoms with Gasteiger partial charge in [-0.15, -0.1) is 0 Å². The molecule has 194 valence electrons. The molecule has 2 amide bonds. The molecule has 1 unspecified atom stereocenters. The molecule has 0 radical (unpaired) electrons. The number of hydrogen-bond acceptors (Lipinski definition) is 3. The zero-order valence-electron chi connectivity index (χ0n) is 21.2. The molecule has 1 aliphatic rings. The second kappa shape index (κ2) is 11.3. The highest BCUT2D eigenvalue weighted by Crippen LogP contribution is 2.33. The number of nitrogens with one attached hydrogen (secondary N) is 2. The summed E-state index contributed by atoms with van der Waals surface area (Å²) in [6.45, 7) is 0. The van der Waals surface area contributed by atoms with Crippen molar-refractivity contribution >= 4 is 17.5 Å². The molecule has 1 fully saturated rings. The van der Waals surface area contributed by atoms with E-state index in [-0.39, 0.29) is 17.3 Å². The Hall–Kier alpha value is -4.39. The zero-order valence-corrected chi connectivity index (χ0v) is 21.2. The minimum Gasteiger partial charge on any atom is -0.497 e. The Kier molecular flexibility index (Phi) is 7.54. The van der Waals surface area contributed by atoms with Gasteiger partial charge in [0.1, 0.15) is 23.3 Å². The maximum Gasteiger partial charge on any atom is 0.275 e. The van der Waals surface area contributed by atoms with Crippen molar-refractivity contribution in [3.05, 3.63) is 108 Å². The van der Waals surface area contributed by atoms with Gasteiger partial charge in [0.05, 0.1) is 7.11 Å². The SMILES string of the molecule is COc1ccc(N(C(=O)c2ccc(-c3ccccc3)[nH]2)C(C(=O)NC2CCCC2)c2ccccc2F)cc1. The molecule has 1 saturated carbocycles. The number of halogens is 1. The first kappa shape index (κ1) is 25.3. The molecule has 2 N–H and O–H groups in total. The number of ether oxygens (including phenoxy) is 1. The molecular weight excluding hydrogens is 481 g/mol. The van der Waals surface area contributed by atoms with Crippen LogP contribution < -0.4 is 15.0 Å². The third-order valence-corrected chi connectivity index (χ3v) is 6.98. The molecule has 1 aromatic heterocycles. The molecule has 1 atom stereocenters. The molecule has 0 saturated heterocycles. The van der Waals surface area contributed by atoms with Gasteiger partial charge < -0.3 is 15.0 Å². The van der Waals surface area contributed by atoms with Crippen molar-refractivity contribution in [2.45, 2.75) is 37.8 Å². The van der Waals surface area contributed by atoms with Gasteiger partial charge >= 0.3 is 0 Å². The predicted octanol–water partition coefficient (Wildman–Crippen LogP) is 6.28. The number of rotatable bonds is 8. The number of anilines is 1. The average molecular weight is 512 g/mol. The van der Waals surface area contributed by atoms with E-state index in [1.54, 1.807) is 55.6 Å². The molecule has 0 aliphatic heterocycles. The van der Waals surface area contributed by atoms with Crippen LogP contribution in [0.3, 0.4) is 0 Å². The second-order valence-corrected chi connectivity index (χ2v) is 9.44. The fourth-order valence-electron chi connectivity index (χ4n) is 5.01. The highest BCUT2D eigenvalue weighted by atomic mass is 19.1. The Morgan fingerprint density at radius 3 is 2.29 bits per heavy atom. The van der Waals surface area contributed by atoms with Crippen LogP contribution in [0.4, 0.5) is 10.1 Å². The highest BCUT2D eigenvalue weighted by molar-refractivity contribution is 6.09. The molecule has 5 rings (SSSR count). The van der Waals surface area contributed by atoms with E-state index in [2.05, 4.69) is 10.3 Å². The Bertz CT molecular complexity index is 1400. The van der Waals surface area contributed by atoms with Gasteiger partial charge in [-0.25, -0.2) is 4.39 Å². The van der Waals surface area contributed by atoms with Gasteiger partial charge in [-0.3, -0.25) is 14.5 Å². The van der Waals surface area contributed by atoms with Gasteiger partial charge in [0.15, 0.2) is 0 Å².